The van der Waals surface area contributed by atoms with E-state index in [1.165, 1.54) is 0 Å². The molecule has 1 heterocycles. The third kappa shape index (κ3) is 3.33. The highest BCUT2D eigenvalue weighted by Crippen LogP contribution is 2.20. The van der Waals surface area contributed by atoms with Crippen LogP contribution in [0, 0.1) is 5.92 Å². The minimum atomic E-state index is 0.220. The van der Waals surface area contributed by atoms with Crippen LogP contribution < -0.4 is 5.73 Å². The lowest BCUT2D eigenvalue weighted by Crippen LogP contribution is -2.40. The van der Waals surface area contributed by atoms with Crippen LogP contribution in [0.4, 0.5) is 0 Å². The Bertz CT molecular complexity index is 414. The number of hydrogen-bond donors (Lipinski definition) is 1. The number of rotatable bonds is 3. The largest absolute Gasteiger partial charge is 0.342 e. The van der Waals surface area contributed by atoms with Crippen LogP contribution in [0.3, 0.4) is 0 Å². The predicted molar refractivity (Wildman–Crippen MR) is 76.2 cm³/mol. The van der Waals surface area contributed by atoms with Crippen molar-refractivity contribution in [3.8, 4) is 0 Å². The van der Waals surface area contributed by atoms with Gasteiger partial charge in [0.05, 0.1) is 6.42 Å². The summed E-state index contributed by atoms with van der Waals surface area (Å²) in [6, 6.07) is 7.90. The highest BCUT2D eigenvalue weighted by molar-refractivity contribution is 9.10. The lowest BCUT2D eigenvalue weighted by atomic mass is 9.96. The molecule has 1 saturated heterocycles. The maximum atomic E-state index is 12.2. The molecule has 2 rings (SSSR count). The molecule has 0 bridgehead atoms. The van der Waals surface area contributed by atoms with Gasteiger partial charge in [-0.2, -0.15) is 0 Å². The van der Waals surface area contributed by atoms with Crippen molar-refractivity contribution < 1.29 is 4.79 Å². The van der Waals surface area contributed by atoms with Crippen molar-refractivity contribution in [3.05, 3.63) is 34.3 Å². The summed E-state index contributed by atoms with van der Waals surface area (Å²) in [5.74, 6) is 0.815. The molecule has 1 fully saturated rings. The van der Waals surface area contributed by atoms with Crippen LogP contribution in [0.5, 0.6) is 0 Å². The highest BCUT2D eigenvalue weighted by Gasteiger charge is 2.22. The second kappa shape index (κ2) is 6.34. The first-order chi connectivity index (χ1) is 8.70. The van der Waals surface area contributed by atoms with Crippen LogP contribution in [0.15, 0.2) is 28.7 Å². The van der Waals surface area contributed by atoms with E-state index in [0.717, 1.165) is 42.5 Å². The van der Waals surface area contributed by atoms with Gasteiger partial charge in [-0.3, -0.25) is 4.79 Å². The van der Waals surface area contributed by atoms with Gasteiger partial charge >= 0.3 is 0 Å². The zero-order valence-corrected chi connectivity index (χ0v) is 12.0. The van der Waals surface area contributed by atoms with Crippen molar-refractivity contribution in [3.63, 3.8) is 0 Å². The van der Waals surface area contributed by atoms with Crippen molar-refractivity contribution in [1.29, 1.82) is 0 Å². The molecule has 18 heavy (non-hydrogen) atoms. The number of carbonyl (C=O) groups is 1. The Hall–Kier alpha value is -0.870. The molecule has 98 valence electrons. The van der Waals surface area contributed by atoms with Gasteiger partial charge in [-0.25, -0.2) is 0 Å². The van der Waals surface area contributed by atoms with Crippen molar-refractivity contribution >= 4 is 21.8 Å². The molecule has 1 amide bonds. The monoisotopic (exact) mass is 310 g/mol. The van der Waals surface area contributed by atoms with Crippen LogP contribution in [0.1, 0.15) is 18.4 Å². The molecular weight excluding hydrogens is 292 g/mol. The van der Waals surface area contributed by atoms with Gasteiger partial charge in [0.25, 0.3) is 0 Å². The van der Waals surface area contributed by atoms with Gasteiger partial charge in [0.2, 0.25) is 5.91 Å². The molecule has 0 saturated carbocycles. The van der Waals surface area contributed by atoms with Crippen molar-refractivity contribution in [2.75, 3.05) is 19.6 Å². The van der Waals surface area contributed by atoms with Gasteiger partial charge in [0.15, 0.2) is 0 Å². The van der Waals surface area contributed by atoms with Gasteiger partial charge in [-0.1, -0.05) is 34.1 Å². The minimum Gasteiger partial charge on any atom is -0.342 e. The molecule has 1 aromatic rings. The molecule has 2 N–H and O–H groups in total. The van der Waals surface area contributed by atoms with E-state index >= 15 is 0 Å². The number of piperidine rings is 1. The summed E-state index contributed by atoms with van der Waals surface area (Å²) < 4.78 is 1.01. The molecule has 0 radical (unpaired) electrons. The fourth-order valence-corrected chi connectivity index (χ4v) is 2.76. The number of amides is 1. The lowest BCUT2D eigenvalue weighted by Gasteiger charge is -2.31. The van der Waals surface area contributed by atoms with Crippen molar-refractivity contribution in [2.45, 2.75) is 19.3 Å². The summed E-state index contributed by atoms with van der Waals surface area (Å²) in [6.45, 7) is 2.45. The fourth-order valence-electron chi connectivity index (χ4n) is 2.33. The summed E-state index contributed by atoms with van der Waals surface area (Å²) in [7, 11) is 0. The predicted octanol–water partition coefficient (Wildman–Crippen LogP) is 2.19. The first-order valence-corrected chi connectivity index (χ1v) is 7.21. The third-order valence-corrected chi connectivity index (χ3v) is 4.37. The first kappa shape index (κ1) is 13.6. The molecule has 0 spiro atoms. The average Bonchev–Trinajstić information content (AvgIpc) is 2.41. The number of nitrogens with zero attached hydrogens (tertiary/aromatic N) is 1. The maximum Gasteiger partial charge on any atom is 0.227 e. The van der Waals surface area contributed by atoms with E-state index in [1.54, 1.807) is 0 Å². The normalized spacial score (nSPS) is 16.9. The Morgan fingerprint density at radius 2 is 2.00 bits per heavy atom. The standard InChI is InChI=1S/C14H19BrN2O/c15-13-4-2-1-3-12(13)9-14(18)17-7-5-11(10-16)6-8-17/h1-4,11H,5-10,16H2. The molecule has 1 aliphatic rings. The number of benzene rings is 1. The molecule has 1 aliphatic heterocycles. The Morgan fingerprint density at radius 3 is 2.61 bits per heavy atom. The van der Waals surface area contributed by atoms with Crippen molar-refractivity contribution in [1.82, 2.24) is 4.90 Å². The fraction of sp³-hybridized carbons (Fsp3) is 0.500. The van der Waals surface area contributed by atoms with E-state index in [2.05, 4.69) is 15.9 Å². The number of likely N-dealkylation sites (tertiary alicyclic amines) is 1. The smallest absolute Gasteiger partial charge is 0.227 e. The number of halogens is 1. The average molecular weight is 311 g/mol. The lowest BCUT2D eigenvalue weighted by molar-refractivity contribution is -0.131. The minimum absolute atomic E-state index is 0.220. The molecule has 0 aliphatic carbocycles. The molecule has 0 atom stereocenters. The number of hydrogen-bond acceptors (Lipinski definition) is 2. The Balaban J connectivity index is 1.91. The van der Waals surface area contributed by atoms with E-state index in [4.69, 9.17) is 5.73 Å². The van der Waals surface area contributed by atoms with Crippen molar-refractivity contribution in [2.24, 2.45) is 11.7 Å². The maximum absolute atomic E-state index is 12.2. The zero-order chi connectivity index (χ0) is 13.0. The summed E-state index contributed by atoms with van der Waals surface area (Å²) in [4.78, 5) is 14.2. The van der Waals surface area contributed by atoms with Gasteiger partial charge in [0, 0.05) is 17.6 Å². The van der Waals surface area contributed by atoms with E-state index in [9.17, 15) is 4.79 Å². The quantitative estimate of drug-likeness (QED) is 0.930. The van der Waals surface area contributed by atoms with Crippen LogP contribution >= 0.6 is 15.9 Å². The van der Waals surface area contributed by atoms with E-state index in [1.807, 2.05) is 29.2 Å². The van der Waals surface area contributed by atoms with Crippen LogP contribution in [-0.2, 0) is 11.2 Å². The van der Waals surface area contributed by atoms with Gasteiger partial charge in [-0.15, -0.1) is 0 Å². The summed E-state index contributed by atoms with van der Waals surface area (Å²) in [5, 5.41) is 0. The van der Waals surface area contributed by atoms with Crippen LogP contribution in [0.25, 0.3) is 0 Å². The Labute approximate surface area is 116 Å². The van der Waals surface area contributed by atoms with Gasteiger partial charge in [0.1, 0.15) is 0 Å². The second-order valence-corrected chi connectivity index (χ2v) is 5.68. The third-order valence-electron chi connectivity index (χ3n) is 3.60. The van der Waals surface area contributed by atoms with Gasteiger partial charge < -0.3 is 10.6 Å². The molecular formula is C14H19BrN2O. The summed E-state index contributed by atoms with van der Waals surface area (Å²) in [6.07, 6.45) is 2.56. The van der Waals surface area contributed by atoms with Gasteiger partial charge in [-0.05, 0) is 36.9 Å². The SMILES string of the molecule is NCC1CCN(C(=O)Cc2ccccc2Br)CC1. The molecule has 1 aromatic carbocycles. The Kier molecular flexibility index (Phi) is 4.78. The molecule has 0 aromatic heterocycles. The molecule has 3 nitrogen and oxygen atoms in total. The first-order valence-electron chi connectivity index (χ1n) is 6.42. The molecule has 4 heteroatoms. The summed E-state index contributed by atoms with van der Waals surface area (Å²) >= 11 is 3.48. The zero-order valence-electron chi connectivity index (χ0n) is 10.4. The van der Waals surface area contributed by atoms with E-state index < -0.39 is 0 Å². The Morgan fingerprint density at radius 1 is 1.33 bits per heavy atom. The second-order valence-electron chi connectivity index (χ2n) is 4.83. The van der Waals surface area contributed by atoms with E-state index in [0.29, 0.717) is 12.3 Å². The number of carbonyl (C=O) groups excluding carboxylic acids is 1. The summed E-state index contributed by atoms with van der Waals surface area (Å²) in [5.41, 5.74) is 6.72. The topological polar surface area (TPSA) is 46.3 Å². The van der Waals surface area contributed by atoms with Crippen LogP contribution in [-0.4, -0.2) is 30.4 Å². The molecule has 0 unspecified atom stereocenters. The van der Waals surface area contributed by atoms with E-state index in [-0.39, 0.29) is 5.91 Å². The highest BCUT2D eigenvalue weighted by atomic mass is 79.9. The number of nitrogens with two attached hydrogens (primary N) is 1. The van der Waals surface area contributed by atoms with Crippen LogP contribution in [0.2, 0.25) is 0 Å².